The van der Waals surface area contributed by atoms with Gasteiger partial charge in [-0.1, -0.05) is 57.9 Å². The van der Waals surface area contributed by atoms with Crippen molar-refractivity contribution in [3.63, 3.8) is 0 Å². The van der Waals surface area contributed by atoms with Crippen LogP contribution in [0.1, 0.15) is 12.0 Å². The third-order valence-electron chi connectivity index (χ3n) is 2.96. The monoisotopic (exact) mass is 382 g/mol. The van der Waals surface area contributed by atoms with Crippen LogP contribution in [-0.2, 0) is 16.0 Å². The molecule has 2 aromatic carbocycles. The zero-order chi connectivity index (χ0) is 15.8. The van der Waals surface area contributed by atoms with Gasteiger partial charge in [-0.05, 0) is 36.6 Å². The van der Waals surface area contributed by atoms with E-state index < -0.39 is 5.97 Å². The predicted molar refractivity (Wildman–Crippen MR) is 90.4 cm³/mol. The van der Waals surface area contributed by atoms with Crippen LogP contribution in [0.15, 0.2) is 53.0 Å². The number of ether oxygens (including phenoxy) is 2. The number of rotatable bonds is 7. The molecule has 22 heavy (non-hydrogen) atoms. The molecule has 0 saturated heterocycles. The van der Waals surface area contributed by atoms with Gasteiger partial charge in [-0.25, -0.2) is 4.79 Å². The van der Waals surface area contributed by atoms with Crippen molar-refractivity contribution in [1.29, 1.82) is 0 Å². The summed E-state index contributed by atoms with van der Waals surface area (Å²) < 4.78 is 11.3. The Hall–Kier alpha value is -1.52. The SMILES string of the molecule is O=C(COc1ccc(Br)cc1Cl)OCCCc1ccccc1. The maximum Gasteiger partial charge on any atom is 0.344 e. The van der Waals surface area contributed by atoms with Gasteiger partial charge in [0.1, 0.15) is 5.75 Å². The van der Waals surface area contributed by atoms with Gasteiger partial charge in [0.25, 0.3) is 0 Å². The van der Waals surface area contributed by atoms with Crippen LogP contribution in [0.3, 0.4) is 0 Å². The molecule has 0 bridgehead atoms. The highest BCUT2D eigenvalue weighted by molar-refractivity contribution is 9.10. The Balaban J connectivity index is 1.65. The summed E-state index contributed by atoms with van der Waals surface area (Å²) in [4.78, 5) is 11.6. The van der Waals surface area contributed by atoms with E-state index in [-0.39, 0.29) is 6.61 Å². The summed E-state index contributed by atoms with van der Waals surface area (Å²) in [6.45, 7) is 0.234. The van der Waals surface area contributed by atoms with Crippen LogP contribution in [0.5, 0.6) is 5.75 Å². The molecule has 0 fully saturated rings. The second kappa shape index (κ2) is 8.81. The summed E-state index contributed by atoms with van der Waals surface area (Å²) >= 11 is 9.31. The number of hydrogen-bond donors (Lipinski definition) is 0. The number of benzene rings is 2. The van der Waals surface area contributed by atoms with Gasteiger partial charge in [-0.2, -0.15) is 0 Å². The topological polar surface area (TPSA) is 35.5 Å². The van der Waals surface area contributed by atoms with E-state index in [0.29, 0.717) is 17.4 Å². The van der Waals surface area contributed by atoms with Crippen molar-refractivity contribution < 1.29 is 14.3 Å². The third-order valence-corrected chi connectivity index (χ3v) is 3.74. The van der Waals surface area contributed by atoms with E-state index in [0.717, 1.165) is 17.3 Å². The lowest BCUT2D eigenvalue weighted by atomic mass is 10.1. The molecule has 0 atom stereocenters. The minimum atomic E-state index is -0.396. The number of hydrogen-bond acceptors (Lipinski definition) is 3. The summed E-state index contributed by atoms with van der Waals surface area (Å²) in [5.74, 6) is 0.0677. The Morgan fingerprint density at radius 2 is 1.91 bits per heavy atom. The summed E-state index contributed by atoms with van der Waals surface area (Å²) in [5, 5.41) is 0.450. The first kappa shape index (κ1) is 16.8. The highest BCUT2D eigenvalue weighted by Gasteiger charge is 2.07. The lowest BCUT2D eigenvalue weighted by molar-refractivity contribution is -0.146. The molecular weight excluding hydrogens is 368 g/mol. The third kappa shape index (κ3) is 5.70. The van der Waals surface area contributed by atoms with Crippen molar-refractivity contribution in [2.45, 2.75) is 12.8 Å². The number of carbonyl (C=O) groups excluding carboxylic acids is 1. The quantitative estimate of drug-likeness (QED) is 0.515. The van der Waals surface area contributed by atoms with E-state index in [9.17, 15) is 4.79 Å². The van der Waals surface area contributed by atoms with Crippen LogP contribution in [0, 0.1) is 0 Å². The molecule has 3 nitrogen and oxygen atoms in total. The normalized spacial score (nSPS) is 10.3. The largest absolute Gasteiger partial charge is 0.480 e. The average Bonchev–Trinajstić information content (AvgIpc) is 2.52. The van der Waals surface area contributed by atoms with E-state index in [4.69, 9.17) is 21.1 Å². The predicted octanol–water partition coefficient (Wildman–Crippen LogP) is 4.66. The van der Waals surface area contributed by atoms with Crippen LogP contribution in [-0.4, -0.2) is 19.2 Å². The molecule has 5 heteroatoms. The lowest BCUT2D eigenvalue weighted by Crippen LogP contribution is -2.15. The van der Waals surface area contributed by atoms with Crippen molar-refractivity contribution >= 4 is 33.5 Å². The minimum Gasteiger partial charge on any atom is -0.480 e. The van der Waals surface area contributed by atoms with Crippen molar-refractivity contribution in [3.8, 4) is 5.75 Å². The summed E-state index contributed by atoms with van der Waals surface area (Å²) in [7, 11) is 0. The lowest BCUT2D eigenvalue weighted by Gasteiger charge is -2.08. The Labute approximate surface area is 143 Å². The fourth-order valence-corrected chi connectivity index (χ4v) is 2.61. The minimum absolute atomic E-state index is 0.146. The second-order valence-electron chi connectivity index (χ2n) is 4.67. The smallest absolute Gasteiger partial charge is 0.344 e. The standard InChI is InChI=1S/C17H16BrClO3/c18-14-8-9-16(15(19)11-14)22-12-17(20)21-10-4-7-13-5-2-1-3-6-13/h1-3,5-6,8-9,11H,4,7,10,12H2. The van der Waals surface area contributed by atoms with Crippen LogP contribution < -0.4 is 4.74 Å². The van der Waals surface area contributed by atoms with Gasteiger partial charge in [-0.15, -0.1) is 0 Å². The number of aryl methyl sites for hydroxylation is 1. The Bertz CT molecular complexity index is 617. The molecule has 0 unspecified atom stereocenters. The highest BCUT2D eigenvalue weighted by atomic mass is 79.9. The number of halogens is 2. The van der Waals surface area contributed by atoms with Gasteiger partial charge in [0, 0.05) is 4.47 Å². The molecule has 0 aliphatic carbocycles. The van der Waals surface area contributed by atoms with Crippen LogP contribution in [0.4, 0.5) is 0 Å². The molecule has 2 rings (SSSR count). The summed E-state index contributed by atoms with van der Waals surface area (Å²) in [5.41, 5.74) is 1.23. The van der Waals surface area contributed by atoms with Crippen molar-refractivity contribution in [2.75, 3.05) is 13.2 Å². The van der Waals surface area contributed by atoms with Gasteiger partial charge in [0.15, 0.2) is 6.61 Å². The van der Waals surface area contributed by atoms with E-state index in [1.54, 1.807) is 18.2 Å². The van der Waals surface area contributed by atoms with Gasteiger partial charge in [-0.3, -0.25) is 0 Å². The first-order valence-electron chi connectivity index (χ1n) is 6.92. The van der Waals surface area contributed by atoms with Gasteiger partial charge >= 0.3 is 5.97 Å². The van der Waals surface area contributed by atoms with E-state index in [1.165, 1.54) is 5.56 Å². The summed E-state index contributed by atoms with van der Waals surface area (Å²) in [6.07, 6.45) is 1.67. The maximum atomic E-state index is 11.6. The molecule has 0 radical (unpaired) electrons. The molecular formula is C17H16BrClO3. The molecule has 0 heterocycles. The average molecular weight is 384 g/mol. The van der Waals surface area contributed by atoms with E-state index >= 15 is 0 Å². The zero-order valence-electron chi connectivity index (χ0n) is 11.9. The van der Waals surface area contributed by atoms with Crippen LogP contribution in [0.25, 0.3) is 0 Å². The van der Waals surface area contributed by atoms with Crippen molar-refractivity contribution in [3.05, 3.63) is 63.6 Å². The van der Waals surface area contributed by atoms with Gasteiger partial charge < -0.3 is 9.47 Å². The molecule has 0 amide bonds. The molecule has 0 aromatic heterocycles. The maximum absolute atomic E-state index is 11.6. The van der Waals surface area contributed by atoms with Crippen LogP contribution >= 0.6 is 27.5 Å². The number of carbonyl (C=O) groups is 1. The van der Waals surface area contributed by atoms with Gasteiger partial charge in [0.05, 0.1) is 11.6 Å². The molecule has 116 valence electrons. The Morgan fingerprint density at radius 3 is 2.64 bits per heavy atom. The molecule has 0 N–H and O–H groups in total. The second-order valence-corrected chi connectivity index (χ2v) is 6.00. The summed E-state index contributed by atoms with van der Waals surface area (Å²) in [6, 6.07) is 15.3. The first-order chi connectivity index (χ1) is 10.6. The van der Waals surface area contributed by atoms with Crippen LogP contribution in [0.2, 0.25) is 5.02 Å². The first-order valence-corrected chi connectivity index (χ1v) is 8.09. The Morgan fingerprint density at radius 1 is 1.14 bits per heavy atom. The van der Waals surface area contributed by atoms with E-state index in [2.05, 4.69) is 28.1 Å². The Kier molecular flexibility index (Phi) is 6.74. The zero-order valence-corrected chi connectivity index (χ0v) is 14.3. The fraction of sp³-hybridized carbons (Fsp3) is 0.235. The fourth-order valence-electron chi connectivity index (χ4n) is 1.88. The molecule has 0 aliphatic rings. The molecule has 0 spiro atoms. The number of esters is 1. The molecule has 0 saturated carbocycles. The van der Waals surface area contributed by atoms with Crippen molar-refractivity contribution in [2.24, 2.45) is 0 Å². The van der Waals surface area contributed by atoms with Crippen molar-refractivity contribution in [1.82, 2.24) is 0 Å². The van der Waals surface area contributed by atoms with E-state index in [1.807, 2.05) is 18.2 Å². The molecule has 2 aromatic rings. The van der Waals surface area contributed by atoms with Gasteiger partial charge in [0.2, 0.25) is 0 Å². The molecule has 0 aliphatic heterocycles. The highest BCUT2D eigenvalue weighted by Crippen LogP contribution is 2.27.